The van der Waals surface area contributed by atoms with Crippen LogP contribution in [-0.4, -0.2) is 55.0 Å². The van der Waals surface area contributed by atoms with Crippen molar-refractivity contribution >= 4 is 21.6 Å². The average Bonchev–Trinajstić information content (AvgIpc) is 2.71. The monoisotopic (exact) mass is 407 g/mol. The van der Waals surface area contributed by atoms with E-state index >= 15 is 0 Å². The van der Waals surface area contributed by atoms with Gasteiger partial charge in [0.15, 0.2) is 0 Å². The molecule has 1 N–H and O–H groups in total. The fourth-order valence-corrected chi connectivity index (χ4v) is 5.28. The van der Waals surface area contributed by atoms with Crippen molar-refractivity contribution in [1.82, 2.24) is 9.21 Å². The maximum absolute atomic E-state index is 12.6. The first-order chi connectivity index (χ1) is 13.4. The first-order valence-corrected chi connectivity index (χ1v) is 12.1. The van der Waals surface area contributed by atoms with Gasteiger partial charge in [-0.05, 0) is 63.8 Å². The molecule has 3 rings (SSSR count). The van der Waals surface area contributed by atoms with Crippen molar-refractivity contribution in [2.45, 2.75) is 58.5 Å². The molecule has 1 aromatic rings. The highest BCUT2D eigenvalue weighted by molar-refractivity contribution is 7.89. The number of likely N-dealkylation sites (tertiary alicyclic amines) is 1. The summed E-state index contributed by atoms with van der Waals surface area (Å²) < 4.78 is 25.4. The Hall–Kier alpha value is -1.44. The van der Waals surface area contributed by atoms with Crippen LogP contribution in [0.5, 0.6) is 0 Å². The van der Waals surface area contributed by atoms with Gasteiger partial charge in [-0.2, -0.15) is 0 Å². The summed E-state index contributed by atoms with van der Waals surface area (Å²) in [4.78, 5) is 15.1. The summed E-state index contributed by atoms with van der Waals surface area (Å²) in [5.41, 5.74) is 2.08. The molecule has 0 spiro atoms. The van der Waals surface area contributed by atoms with Crippen LogP contribution in [0.3, 0.4) is 0 Å². The number of nitrogens with zero attached hydrogens (tertiary/aromatic N) is 2. The van der Waals surface area contributed by atoms with Crippen molar-refractivity contribution in [3.8, 4) is 0 Å². The Morgan fingerprint density at radius 1 is 1.07 bits per heavy atom. The molecule has 0 saturated carbocycles. The lowest BCUT2D eigenvalue weighted by molar-refractivity contribution is -0.120. The van der Waals surface area contributed by atoms with Crippen LogP contribution in [0.2, 0.25) is 0 Å². The minimum Gasteiger partial charge on any atom is -0.326 e. The summed E-state index contributed by atoms with van der Waals surface area (Å²) in [5, 5.41) is 3.00. The number of rotatable bonds is 6. The molecule has 2 saturated heterocycles. The molecule has 1 unspecified atom stereocenters. The highest BCUT2D eigenvalue weighted by Crippen LogP contribution is 2.23. The second-order valence-electron chi connectivity index (χ2n) is 8.08. The number of benzene rings is 1. The van der Waals surface area contributed by atoms with Crippen LogP contribution in [0.25, 0.3) is 0 Å². The Kier molecular flexibility index (Phi) is 7.12. The highest BCUT2D eigenvalue weighted by Gasteiger charge is 2.30. The maximum Gasteiger partial charge on any atom is 0.227 e. The predicted molar refractivity (Wildman–Crippen MR) is 113 cm³/mol. The Bertz CT molecular complexity index is 756. The minimum absolute atomic E-state index is 0.00838. The Labute approximate surface area is 169 Å². The van der Waals surface area contributed by atoms with E-state index in [1.165, 1.54) is 29.1 Å². The fraction of sp³-hybridized carbons (Fsp3) is 0.667. The van der Waals surface area contributed by atoms with E-state index in [4.69, 9.17) is 0 Å². The fourth-order valence-electron chi connectivity index (χ4n) is 4.14. The summed E-state index contributed by atoms with van der Waals surface area (Å²) in [6, 6.07) is 8.76. The van der Waals surface area contributed by atoms with Gasteiger partial charge in [0.25, 0.3) is 0 Å². The van der Waals surface area contributed by atoms with Gasteiger partial charge in [0.05, 0.1) is 5.75 Å². The number of hydrogen-bond acceptors (Lipinski definition) is 4. The zero-order valence-corrected chi connectivity index (χ0v) is 17.9. The van der Waals surface area contributed by atoms with Crippen LogP contribution in [0.1, 0.15) is 51.5 Å². The summed E-state index contributed by atoms with van der Waals surface area (Å²) in [5.74, 6) is -0.0185. The van der Waals surface area contributed by atoms with Crippen molar-refractivity contribution in [2.24, 2.45) is 5.92 Å². The summed E-state index contributed by atoms with van der Waals surface area (Å²) in [6.45, 7) is 6.93. The number of amides is 1. The topological polar surface area (TPSA) is 69.7 Å². The lowest BCUT2D eigenvalue weighted by Gasteiger charge is -2.33. The van der Waals surface area contributed by atoms with Crippen LogP contribution in [0.15, 0.2) is 24.3 Å². The lowest BCUT2D eigenvalue weighted by Crippen LogP contribution is -2.42. The zero-order chi connectivity index (χ0) is 20.1. The molecule has 0 aromatic heterocycles. The third kappa shape index (κ3) is 5.33. The largest absolute Gasteiger partial charge is 0.326 e. The first kappa shape index (κ1) is 21.3. The average molecular weight is 408 g/mol. The minimum atomic E-state index is -3.15. The normalized spacial score (nSPS) is 22.9. The highest BCUT2D eigenvalue weighted by atomic mass is 32.2. The molecule has 2 heterocycles. The summed E-state index contributed by atoms with van der Waals surface area (Å²) >= 11 is 0. The number of anilines is 1. The SMILES string of the molecule is CCS(=O)(=O)N1CCC(C(=O)Nc2ccc(CN3CCCCC3C)cc2)CC1. The van der Waals surface area contributed by atoms with Gasteiger partial charge in [0.1, 0.15) is 0 Å². The van der Waals surface area contributed by atoms with E-state index in [9.17, 15) is 13.2 Å². The van der Waals surface area contributed by atoms with Crippen molar-refractivity contribution in [2.75, 3.05) is 30.7 Å². The summed E-state index contributed by atoms with van der Waals surface area (Å²) in [6.07, 6.45) is 5.03. The number of nitrogens with one attached hydrogen (secondary N) is 1. The Balaban J connectivity index is 1.49. The molecule has 2 aliphatic rings. The van der Waals surface area contributed by atoms with Gasteiger partial charge in [-0.15, -0.1) is 0 Å². The molecule has 0 aliphatic carbocycles. The second kappa shape index (κ2) is 9.37. The predicted octanol–water partition coefficient (Wildman–Crippen LogP) is 3.06. The molecule has 7 heteroatoms. The second-order valence-corrected chi connectivity index (χ2v) is 10.3. The lowest BCUT2D eigenvalue weighted by atomic mass is 9.97. The van der Waals surface area contributed by atoms with Crippen molar-refractivity contribution in [3.63, 3.8) is 0 Å². The van der Waals surface area contributed by atoms with Gasteiger partial charge < -0.3 is 5.32 Å². The third-order valence-corrected chi connectivity index (χ3v) is 8.01. The number of sulfonamides is 1. The molecule has 28 heavy (non-hydrogen) atoms. The standard InChI is InChI=1S/C21H33N3O3S/c1-3-28(26,27)24-14-11-19(12-15-24)21(25)22-20-9-7-18(8-10-20)16-23-13-5-4-6-17(23)2/h7-10,17,19H,3-6,11-16H2,1-2H3,(H,22,25). The van der Waals surface area contributed by atoms with Gasteiger partial charge in [-0.25, -0.2) is 12.7 Å². The van der Waals surface area contributed by atoms with Gasteiger partial charge in [0.2, 0.25) is 15.9 Å². The number of piperidine rings is 2. The zero-order valence-electron chi connectivity index (χ0n) is 17.1. The molecule has 1 amide bonds. The van der Waals surface area contributed by atoms with Crippen LogP contribution in [-0.2, 0) is 21.4 Å². The molecular formula is C21H33N3O3S. The molecule has 1 aromatic carbocycles. The van der Waals surface area contributed by atoms with Crippen LogP contribution in [0, 0.1) is 5.92 Å². The maximum atomic E-state index is 12.6. The molecule has 156 valence electrons. The molecule has 0 bridgehead atoms. The van der Waals surface area contributed by atoms with E-state index in [1.807, 2.05) is 12.1 Å². The van der Waals surface area contributed by atoms with Crippen molar-refractivity contribution < 1.29 is 13.2 Å². The van der Waals surface area contributed by atoms with Crippen LogP contribution < -0.4 is 5.32 Å². The molecular weight excluding hydrogens is 374 g/mol. The molecule has 6 nitrogen and oxygen atoms in total. The van der Waals surface area contributed by atoms with Gasteiger partial charge in [-0.3, -0.25) is 9.69 Å². The summed E-state index contributed by atoms with van der Waals surface area (Å²) in [7, 11) is -3.15. The molecule has 2 fully saturated rings. The third-order valence-electron chi connectivity index (χ3n) is 6.13. The van der Waals surface area contributed by atoms with Gasteiger partial charge in [-0.1, -0.05) is 18.6 Å². The first-order valence-electron chi connectivity index (χ1n) is 10.5. The Morgan fingerprint density at radius 3 is 2.36 bits per heavy atom. The van der Waals surface area contributed by atoms with Crippen molar-refractivity contribution in [3.05, 3.63) is 29.8 Å². The van der Waals surface area contributed by atoms with E-state index in [0.29, 0.717) is 32.0 Å². The molecule has 2 aliphatic heterocycles. The van der Waals surface area contributed by atoms with E-state index in [0.717, 1.165) is 18.8 Å². The number of carbonyl (C=O) groups is 1. The Morgan fingerprint density at radius 2 is 1.75 bits per heavy atom. The van der Waals surface area contributed by atoms with E-state index < -0.39 is 10.0 Å². The van der Waals surface area contributed by atoms with Crippen LogP contribution >= 0.6 is 0 Å². The van der Waals surface area contributed by atoms with Gasteiger partial charge in [0, 0.05) is 37.3 Å². The van der Waals surface area contributed by atoms with E-state index in [-0.39, 0.29) is 17.6 Å². The molecule has 0 radical (unpaired) electrons. The number of hydrogen-bond donors (Lipinski definition) is 1. The quantitative estimate of drug-likeness (QED) is 0.787. The van der Waals surface area contributed by atoms with E-state index in [2.05, 4.69) is 29.3 Å². The van der Waals surface area contributed by atoms with Crippen LogP contribution in [0.4, 0.5) is 5.69 Å². The molecule has 1 atom stereocenters. The van der Waals surface area contributed by atoms with Gasteiger partial charge >= 0.3 is 0 Å². The number of carbonyl (C=O) groups excluding carboxylic acids is 1. The van der Waals surface area contributed by atoms with Crippen molar-refractivity contribution in [1.29, 1.82) is 0 Å². The van der Waals surface area contributed by atoms with E-state index in [1.54, 1.807) is 6.92 Å². The smallest absolute Gasteiger partial charge is 0.227 e.